The molecule has 0 fully saturated rings. The monoisotopic (exact) mass is 419 g/mol. The van der Waals surface area contributed by atoms with E-state index < -0.39 is 11.7 Å². The maximum absolute atomic E-state index is 13.0. The minimum Gasteiger partial charge on any atom is -0.469 e. The van der Waals surface area contributed by atoms with Crippen molar-refractivity contribution in [3.8, 4) is 5.69 Å². The van der Waals surface area contributed by atoms with Crippen LogP contribution >= 0.6 is 0 Å². The Hall–Kier alpha value is -2.90. The second-order valence-electron chi connectivity index (χ2n) is 8.30. The number of carbonyl (C=O) groups excluding carboxylic acids is 1. The molecule has 0 spiro atoms. The lowest BCUT2D eigenvalue weighted by molar-refractivity contribution is -0.140. The Morgan fingerprint density at radius 3 is 2.33 bits per heavy atom. The largest absolute Gasteiger partial charge is 0.469 e. The molecule has 2 aromatic carbocycles. The molecule has 5 nitrogen and oxygen atoms in total. The molecular formula is C22H24F3N3O2. The summed E-state index contributed by atoms with van der Waals surface area (Å²) in [6.45, 7) is 8.17. The van der Waals surface area contributed by atoms with Gasteiger partial charge in [0.1, 0.15) is 11.0 Å². The maximum Gasteiger partial charge on any atom is 0.416 e. The number of alkyl halides is 3. The minimum absolute atomic E-state index is 0.168. The molecule has 0 bridgehead atoms. The lowest BCUT2D eigenvalue weighted by Crippen LogP contribution is -2.16. The molecule has 8 heteroatoms. The number of methoxy groups -OCH3 is 1. The van der Waals surface area contributed by atoms with Gasteiger partial charge in [0.15, 0.2) is 0 Å². The van der Waals surface area contributed by atoms with Crippen molar-refractivity contribution in [1.29, 1.82) is 0 Å². The quantitative estimate of drug-likeness (QED) is 0.549. The van der Waals surface area contributed by atoms with Crippen LogP contribution in [0.3, 0.4) is 0 Å². The molecule has 0 aliphatic carbocycles. The lowest BCUT2D eigenvalue weighted by Gasteiger charge is -2.24. The van der Waals surface area contributed by atoms with Crippen LogP contribution in [0.4, 0.5) is 13.2 Å². The zero-order valence-corrected chi connectivity index (χ0v) is 17.6. The van der Waals surface area contributed by atoms with Crippen LogP contribution in [0.25, 0.3) is 16.7 Å². The highest BCUT2D eigenvalue weighted by Crippen LogP contribution is 2.33. The number of ether oxygens (including phenoxy) is 1. The fraction of sp³-hybridized carbons (Fsp3) is 0.409. The predicted molar refractivity (Wildman–Crippen MR) is 108 cm³/mol. The van der Waals surface area contributed by atoms with Gasteiger partial charge in [0.05, 0.1) is 18.4 Å². The summed E-state index contributed by atoms with van der Waals surface area (Å²) in [7, 11) is 1.35. The van der Waals surface area contributed by atoms with E-state index in [0.717, 1.165) is 28.8 Å². The molecule has 0 aliphatic heterocycles. The third-order valence-electron chi connectivity index (χ3n) is 5.02. The number of nitrogens with zero attached hydrogens (tertiary/aromatic N) is 3. The average Bonchev–Trinajstić information content (AvgIpc) is 3.08. The van der Waals surface area contributed by atoms with Gasteiger partial charge in [-0.15, -0.1) is 10.2 Å². The summed E-state index contributed by atoms with van der Waals surface area (Å²) in [5, 5.41) is 8.70. The van der Waals surface area contributed by atoms with Crippen LogP contribution in [-0.4, -0.2) is 28.1 Å². The van der Waals surface area contributed by atoms with Gasteiger partial charge < -0.3 is 4.74 Å². The molecule has 30 heavy (non-hydrogen) atoms. The summed E-state index contributed by atoms with van der Waals surface area (Å²) in [6, 6.07) is 7.24. The third-order valence-corrected chi connectivity index (χ3v) is 5.02. The molecular weight excluding hydrogens is 395 g/mol. The minimum atomic E-state index is -4.44. The molecule has 0 saturated carbocycles. The normalized spacial score (nSPS) is 12.4. The van der Waals surface area contributed by atoms with E-state index in [1.807, 2.05) is 19.1 Å². The van der Waals surface area contributed by atoms with Gasteiger partial charge in [0.25, 0.3) is 0 Å². The molecule has 1 heterocycles. The Labute approximate surface area is 172 Å². The van der Waals surface area contributed by atoms with Crippen LogP contribution in [-0.2, 0) is 27.5 Å². The average molecular weight is 419 g/mol. The molecule has 0 N–H and O–H groups in total. The third kappa shape index (κ3) is 4.47. The number of rotatable bonds is 4. The van der Waals surface area contributed by atoms with Gasteiger partial charge in [-0.25, -0.2) is 0 Å². The van der Waals surface area contributed by atoms with Gasteiger partial charge in [0.2, 0.25) is 0 Å². The van der Waals surface area contributed by atoms with Crippen molar-refractivity contribution in [2.75, 3.05) is 7.11 Å². The van der Waals surface area contributed by atoms with Gasteiger partial charge in [-0.3, -0.25) is 4.79 Å². The number of hydrogen-bond acceptors (Lipinski definition) is 4. The van der Waals surface area contributed by atoms with Crippen LogP contribution in [0.1, 0.15) is 49.4 Å². The van der Waals surface area contributed by atoms with Crippen LogP contribution in [0.15, 0.2) is 30.3 Å². The molecule has 0 amide bonds. The lowest BCUT2D eigenvalue weighted by atomic mass is 9.82. The van der Waals surface area contributed by atoms with Crippen molar-refractivity contribution in [2.45, 2.75) is 52.1 Å². The number of hydrogen-bond donors (Lipinski definition) is 0. The summed E-state index contributed by atoms with van der Waals surface area (Å²) >= 11 is 0. The van der Waals surface area contributed by atoms with Crippen molar-refractivity contribution in [3.63, 3.8) is 0 Å². The van der Waals surface area contributed by atoms with Crippen LogP contribution in [0.2, 0.25) is 0 Å². The number of carbonyl (C=O) groups is 1. The second-order valence-corrected chi connectivity index (χ2v) is 8.30. The zero-order chi connectivity index (χ0) is 22.3. The number of halogens is 3. The van der Waals surface area contributed by atoms with Gasteiger partial charge in [0, 0.05) is 6.42 Å². The molecule has 1 aromatic heterocycles. The van der Waals surface area contributed by atoms with Crippen LogP contribution in [0.5, 0.6) is 0 Å². The topological polar surface area (TPSA) is 57.0 Å². The predicted octanol–water partition coefficient (Wildman–Crippen LogP) is 5.15. The zero-order valence-electron chi connectivity index (χ0n) is 17.6. The first-order chi connectivity index (χ1) is 13.9. The van der Waals surface area contributed by atoms with Crippen molar-refractivity contribution < 1.29 is 22.7 Å². The Balaban J connectivity index is 2.12. The summed E-state index contributed by atoms with van der Waals surface area (Å²) < 4.78 is 43.8. The molecule has 0 unspecified atom stereocenters. The fourth-order valence-electron chi connectivity index (χ4n) is 3.44. The number of fused-ring (bicyclic) bond motifs is 1. The molecule has 0 radical (unpaired) electrons. The van der Waals surface area contributed by atoms with Gasteiger partial charge >= 0.3 is 12.1 Å². The summed E-state index contributed by atoms with van der Waals surface area (Å²) in [5.74, 6) is -0.308. The van der Waals surface area contributed by atoms with Crippen molar-refractivity contribution >= 4 is 17.0 Å². The summed E-state index contributed by atoms with van der Waals surface area (Å²) in [5.41, 5.74) is 3.16. The molecule has 0 atom stereocenters. The van der Waals surface area contributed by atoms with E-state index in [1.165, 1.54) is 18.0 Å². The Morgan fingerprint density at radius 1 is 1.07 bits per heavy atom. The fourth-order valence-corrected chi connectivity index (χ4v) is 3.44. The van der Waals surface area contributed by atoms with Crippen molar-refractivity contribution in [3.05, 3.63) is 52.6 Å². The SMILES string of the molecule is COC(=O)CCc1cc(-n2nc3ccc(C(F)(F)F)cc3n2)c(C)c(C(C)(C)C)c1. The van der Waals surface area contributed by atoms with Crippen LogP contribution < -0.4 is 0 Å². The van der Waals surface area contributed by atoms with E-state index in [-0.39, 0.29) is 23.3 Å². The molecule has 0 saturated heterocycles. The number of aryl methyl sites for hydroxylation is 1. The number of aromatic nitrogens is 3. The highest BCUT2D eigenvalue weighted by Gasteiger charge is 2.31. The summed E-state index contributed by atoms with van der Waals surface area (Å²) in [6.07, 6.45) is -3.74. The van der Waals surface area contributed by atoms with E-state index in [0.29, 0.717) is 17.6 Å². The standard InChI is InChI=1S/C22H24F3N3O2/c1-13-16(21(2,3)4)10-14(6-9-20(29)30-5)11-19(13)28-26-17-8-7-15(22(23,24)25)12-18(17)27-28/h7-8,10-12H,6,9H2,1-5H3. The number of benzene rings is 2. The Morgan fingerprint density at radius 2 is 1.73 bits per heavy atom. The van der Waals surface area contributed by atoms with E-state index >= 15 is 0 Å². The smallest absolute Gasteiger partial charge is 0.416 e. The van der Waals surface area contributed by atoms with Crippen LogP contribution in [0, 0.1) is 6.92 Å². The van der Waals surface area contributed by atoms with Gasteiger partial charge in [-0.2, -0.15) is 18.0 Å². The van der Waals surface area contributed by atoms with E-state index in [4.69, 9.17) is 4.74 Å². The Bertz CT molecular complexity index is 1100. The second kappa shape index (κ2) is 7.74. The molecule has 3 rings (SSSR count). The highest BCUT2D eigenvalue weighted by molar-refractivity contribution is 5.75. The van der Waals surface area contributed by atoms with Gasteiger partial charge in [-0.1, -0.05) is 26.8 Å². The van der Waals surface area contributed by atoms with Gasteiger partial charge in [-0.05, 0) is 59.7 Å². The first-order valence-corrected chi connectivity index (χ1v) is 9.55. The first-order valence-electron chi connectivity index (χ1n) is 9.55. The Kier molecular flexibility index (Phi) is 5.62. The van der Waals surface area contributed by atoms with E-state index in [2.05, 4.69) is 31.0 Å². The van der Waals surface area contributed by atoms with E-state index in [9.17, 15) is 18.0 Å². The van der Waals surface area contributed by atoms with E-state index in [1.54, 1.807) is 0 Å². The maximum atomic E-state index is 13.0. The molecule has 3 aromatic rings. The van der Waals surface area contributed by atoms with Crippen molar-refractivity contribution in [2.24, 2.45) is 0 Å². The molecule has 160 valence electrons. The number of esters is 1. The first kappa shape index (κ1) is 21.8. The molecule has 0 aliphatic rings. The van der Waals surface area contributed by atoms with Crippen molar-refractivity contribution in [1.82, 2.24) is 15.0 Å². The summed E-state index contributed by atoms with van der Waals surface area (Å²) in [4.78, 5) is 12.9. The highest BCUT2D eigenvalue weighted by atomic mass is 19.4.